The number of hydrogen-bond acceptors (Lipinski definition) is 4. The molecule has 5 nitrogen and oxygen atoms in total. The van der Waals surface area contributed by atoms with Crippen molar-refractivity contribution in [1.82, 2.24) is 4.98 Å². The number of carboxylic acids is 1. The van der Waals surface area contributed by atoms with Crippen molar-refractivity contribution in [1.29, 1.82) is 0 Å². The quantitative estimate of drug-likeness (QED) is 0.796. The van der Waals surface area contributed by atoms with Gasteiger partial charge in [-0.25, -0.2) is 9.78 Å². The first-order valence-corrected chi connectivity index (χ1v) is 6.37. The first-order chi connectivity index (χ1) is 10.1. The maximum absolute atomic E-state index is 11.5. The summed E-state index contributed by atoms with van der Waals surface area (Å²) < 4.78 is 10.7. The van der Waals surface area contributed by atoms with E-state index in [0.29, 0.717) is 28.1 Å². The Hall–Kier alpha value is -2.82. The first-order valence-electron chi connectivity index (χ1n) is 6.37. The summed E-state index contributed by atoms with van der Waals surface area (Å²) in [6.07, 6.45) is 0. The highest BCUT2D eigenvalue weighted by molar-refractivity contribution is 6.03. The van der Waals surface area contributed by atoms with Crippen LogP contribution < -0.4 is 4.74 Å². The Kier molecular flexibility index (Phi) is 3.10. The van der Waals surface area contributed by atoms with E-state index in [0.717, 1.165) is 5.76 Å². The van der Waals surface area contributed by atoms with Crippen molar-refractivity contribution in [2.75, 3.05) is 7.11 Å². The molecule has 3 aromatic rings. The highest BCUT2D eigenvalue weighted by Gasteiger charge is 2.15. The summed E-state index contributed by atoms with van der Waals surface area (Å²) in [4.78, 5) is 15.9. The number of carbonyl (C=O) groups is 1. The normalized spacial score (nSPS) is 10.8. The molecule has 2 aromatic heterocycles. The van der Waals surface area contributed by atoms with Gasteiger partial charge in [0.15, 0.2) is 5.76 Å². The third kappa shape index (κ3) is 2.33. The number of aromatic nitrogens is 1. The lowest BCUT2D eigenvalue weighted by Gasteiger charge is -2.07. The number of ether oxygens (including phenoxy) is 1. The molecule has 0 spiro atoms. The molecule has 0 saturated carbocycles. The minimum atomic E-state index is -1.00. The van der Waals surface area contributed by atoms with Crippen LogP contribution in [0, 0.1) is 6.92 Å². The lowest BCUT2D eigenvalue weighted by atomic mass is 10.1. The largest absolute Gasteiger partial charge is 0.497 e. The fourth-order valence-corrected chi connectivity index (χ4v) is 2.21. The molecule has 1 aromatic carbocycles. The Labute approximate surface area is 120 Å². The number of methoxy groups -OCH3 is 1. The summed E-state index contributed by atoms with van der Waals surface area (Å²) in [5.74, 6) is 0.908. The molecule has 0 atom stereocenters. The molecule has 0 bridgehead atoms. The first kappa shape index (κ1) is 13.2. The molecule has 3 rings (SSSR count). The zero-order valence-electron chi connectivity index (χ0n) is 11.6. The molecule has 0 amide bonds. The van der Waals surface area contributed by atoms with Crippen LogP contribution >= 0.6 is 0 Å². The molecule has 2 heterocycles. The van der Waals surface area contributed by atoms with E-state index < -0.39 is 5.97 Å². The van der Waals surface area contributed by atoms with Crippen molar-refractivity contribution >= 4 is 16.9 Å². The third-order valence-electron chi connectivity index (χ3n) is 3.24. The Balaban J connectivity index is 2.29. The average Bonchev–Trinajstić information content (AvgIpc) is 2.91. The van der Waals surface area contributed by atoms with E-state index in [1.54, 1.807) is 31.4 Å². The molecule has 0 radical (unpaired) electrons. The maximum Gasteiger partial charge on any atom is 0.336 e. The molecule has 1 N–H and O–H groups in total. The van der Waals surface area contributed by atoms with Crippen LogP contribution in [-0.2, 0) is 0 Å². The van der Waals surface area contributed by atoms with E-state index in [-0.39, 0.29) is 5.56 Å². The number of furan rings is 1. The summed E-state index contributed by atoms with van der Waals surface area (Å²) in [6, 6.07) is 10.2. The molecule has 0 aliphatic rings. The number of rotatable bonds is 3. The van der Waals surface area contributed by atoms with Crippen LogP contribution in [0.3, 0.4) is 0 Å². The number of aromatic carboxylic acids is 1. The van der Waals surface area contributed by atoms with E-state index in [1.165, 1.54) is 6.07 Å². The van der Waals surface area contributed by atoms with Gasteiger partial charge in [0.25, 0.3) is 0 Å². The molecular weight excluding hydrogens is 270 g/mol. The highest BCUT2D eigenvalue weighted by Crippen LogP contribution is 2.28. The number of nitrogens with zero attached hydrogens (tertiary/aromatic N) is 1. The van der Waals surface area contributed by atoms with Crippen LogP contribution in [-0.4, -0.2) is 23.2 Å². The van der Waals surface area contributed by atoms with Gasteiger partial charge in [0.05, 0.1) is 18.2 Å². The molecule has 0 unspecified atom stereocenters. The van der Waals surface area contributed by atoms with Crippen LogP contribution in [0.4, 0.5) is 0 Å². The number of aryl methyl sites for hydroxylation is 1. The summed E-state index contributed by atoms with van der Waals surface area (Å²) in [6.45, 7) is 1.83. The number of carboxylic acid groups (broad SMARTS) is 1. The van der Waals surface area contributed by atoms with E-state index in [4.69, 9.17) is 9.15 Å². The van der Waals surface area contributed by atoms with Gasteiger partial charge in [-0.2, -0.15) is 0 Å². The van der Waals surface area contributed by atoms with Crippen LogP contribution in [0.15, 0.2) is 40.8 Å². The minimum Gasteiger partial charge on any atom is -0.497 e. The lowest BCUT2D eigenvalue weighted by Crippen LogP contribution is -2.00. The Morgan fingerprint density at radius 3 is 2.67 bits per heavy atom. The third-order valence-corrected chi connectivity index (χ3v) is 3.24. The van der Waals surface area contributed by atoms with Crippen LogP contribution in [0.2, 0.25) is 0 Å². The van der Waals surface area contributed by atoms with Crippen molar-refractivity contribution in [3.05, 3.63) is 47.7 Å². The van der Waals surface area contributed by atoms with Gasteiger partial charge in [-0.05, 0) is 37.3 Å². The van der Waals surface area contributed by atoms with Gasteiger partial charge in [0.1, 0.15) is 17.2 Å². The second-order valence-electron chi connectivity index (χ2n) is 4.65. The molecule has 0 aliphatic carbocycles. The van der Waals surface area contributed by atoms with Crippen LogP contribution in [0.1, 0.15) is 16.1 Å². The van der Waals surface area contributed by atoms with Crippen molar-refractivity contribution < 1.29 is 19.1 Å². The van der Waals surface area contributed by atoms with Gasteiger partial charge in [-0.3, -0.25) is 0 Å². The Morgan fingerprint density at radius 2 is 2.05 bits per heavy atom. The van der Waals surface area contributed by atoms with E-state index in [1.807, 2.05) is 13.0 Å². The Bertz CT molecular complexity index is 835. The average molecular weight is 283 g/mol. The fraction of sp³-hybridized carbons (Fsp3) is 0.125. The number of benzene rings is 1. The maximum atomic E-state index is 11.5. The predicted octanol–water partition coefficient (Wildman–Crippen LogP) is 3.51. The fourth-order valence-electron chi connectivity index (χ4n) is 2.21. The predicted molar refractivity (Wildman–Crippen MR) is 77.7 cm³/mol. The van der Waals surface area contributed by atoms with Crippen molar-refractivity contribution in [2.45, 2.75) is 6.92 Å². The summed E-state index contributed by atoms with van der Waals surface area (Å²) in [5.41, 5.74) is 1.23. The van der Waals surface area contributed by atoms with Gasteiger partial charge in [0, 0.05) is 11.5 Å². The van der Waals surface area contributed by atoms with Gasteiger partial charge < -0.3 is 14.3 Å². The SMILES string of the molecule is COc1ccc2c(C(=O)O)cc(-c3ccc(C)o3)nc2c1. The number of hydrogen-bond donors (Lipinski definition) is 1. The molecule has 21 heavy (non-hydrogen) atoms. The topological polar surface area (TPSA) is 72.6 Å². The molecule has 106 valence electrons. The molecule has 5 heteroatoms. The van der Waals surface area contributed by atoms with E-state index >= 15 is 0 Å². The monoisotopic (exact) mass is 283 g/mol. The highest BCUT2D eigenvalue weighted by atomic mass is 16.5. The lowest BCUT2D eigenvalue weighted by molar-refractivity contribution is 0.0699. The molecule has 0 aliphatic heterocycles. The number of pyridine rings is 1. The van der Waals surface area contributed by atoms with Crippen LogP contribution in [0.5, 0.6) is 5.75 Å². The summed E-state index contributed by atoms with van der Waals surface area (Å²) in [5, 5.41) is 9.96. The van der Waals surface area contributed by atoms with E-state index in [2.05, 4.69) is 4.98 Å². The smallest absolute Gasteiger partial charge is 0.336 e. The van der Waals surface area contributed by atoms with Crippen molar-refractivity contribution in [3.63, 3.8) is 0 Å². The van der Waals surface area contributed by atoms with Gasteiger partial charge in [0.2, 0.25) is 0 Å². The van der Waals surface area contributed by atoms with Gasteiger partial charge >= 0.3 is 5.97 Å². The second-order valence-corrected chi connectivity index (χ2v) is 4.65. The Morgan fingerprint density at radius 1 is 1.24 bits per heavy atom. The van der Waals surface area contributed by atoms with Crippen LogP contribution in [0.25, 0.3) is 22.4 Å². The second kappa shape index (κ2) is 4.94. The van der Waals surface area contributed by atoms with Gasteiger partial charge in [-0.1, -0.05) is 0 Å². The minimum absolute atomic E-state index is 0.187. The standard InChI is InChI=1S/C16H13NO4/c1-9-3-6-15(21-9)14-8-12(16(18)19)11-5-4-10(20-2)7-13(11)17-14/h3-8H,1-2H3,(H,18,19). The van der Waals surface area contributed by atoms with E-state index in [9.17, 15) is 9.90 Å². The zero-order chi connectivity index (χ0) is 15.0. The zero-order valence-corrected chi connectivity index (χ0v) is 11.6. The molecular formula is C16H13NO4. The summed E-state index contributed by atoms with van der Waals surface area (Å²) >= 11 is 0. The molecule has 0 saturated heterocycles. The summed E-state index contributed by atoms with van der Waals surface area (Å²) in [7, 11) is 1.55. The van der Waals surface area contributed by atoms with Crippen molar-refractivity contribution in [2.24, 2.45) is 0 Å². The number of fused-ring (bicyclic) bond motifs is 1. The van der Waals surface area contributed by atoms with Gasteiger partial charge in [-0.15, -0.1) is 0 Å². The molecule has 0 fully saturated rings. The van der Waals surface area contributed by atoms with Crippen molar-refractivity contribution in [3.8, 4) is 17.2 Å².